The average Bonchev–Trinajstić information content (AvgIpc) is 2.47. The molecular formula is C15H14FNO3. The first-order valence-corrected chi connectivity index (χ1v) is 5.99. The summed E-state index contributed by atoms with van der Waals surface area (Å²) in [5.41, 5.74) is 1.10. The number of carbonyl (C=O) groups excluding carboxylic acids is 1. The Kier molecular flexibility index (Phi) is 4.32. The van der Waals surface area contributed by atoms with Crippen molar-refractivity contribution in [2.75, 3.05) is 12.4 Å². The zero-order chi connectivity index (χ0) is 14.5. The van der Waals surface area contributed by atoms with Crippen LogP contribution in [0.25, 0.3) is 0 Å². The van der Waals surface area contributed by atoms with Crippen molar-refractivity contribution in [3.63, 3.8) is 0 Å². The van der Waals surface area contributed by atoms with Gasteiger partial charge in [0.2, 0.25) is 0 Å². The SMILES string of the molecule is COc1cccc(F)c1C(=O)Nc1ccc(CO)cc1. The molecule has 0 bridgehead atoms. The highest BCUT2D eigenvalue weighted by molar-refractivity contribution is 6.06. The molecule has 0 saturated heterocycles. The summed E-state index contributed by atoms with van der Waals surface area (Å²) in [5.74, 6) is -1.06. The second-order valence-electron chi connectivity index (χ2n) is 4.13. The number of ether oxygens (including phenoxy) is 1. The molecule has 0 aliphatic heterocycles. The number of aliphatic hydroxyl groups is 1. The number of aliphatic hydroxyl groups excluding tert-OH is 1. The summed E-state index contributed by atoms with van der Waals surface area (Å²) in [6, 6.07) is 10.8. The number of hydrogen-bond donors (Lipinski definition) is 2. The molecule has 20 heavy (non-hydrogen) atoms. The number of carbonyl (C=O) groups is 1. The van der Waals surface area contributed by atoms with Crippen molar-refractivity contribution in [3.05, 3.63) is 59.4 Å². The predicted octanol–water partition coefficient (Wildman–Crippen LogP) is 2.58. The molecule has 2 aromatic rings. The Labute approximate surface area is 115 Å². The first-order valence-electron chi connectivity index (χ1n) is 5.99. The molecule has 0 radical (unpaired) electrons. The molecule has 0 fully saturated rings. The van der Waals surface area contributed by atoms with Crippen molar-refractivity contribution in [2.45, 2.75) is 6.61 Å². The van der Waals surface area contributed by atoms with Gasteiger partial charge in [0.05, 0.1) is 13.7 Å². The van der Waals surface area contributed by atoms with Crippen LogP contribution in [0, 0.1) is 5.82 Å². The third-order valence-electron chi connectivity index (χ3n) is 2.82. The Morgan fingerprint density at radius 3 is 2.55 bits per heavy atom. The molecule has 0 aromatic heterocycles. The summed E-state index contributed by atoms with van der Waals surface area (Å²) in [5, 5.41) is 11.5. The summed E-state index contributed by atoms with van der Waals surface area (Å²) in [6.07, 6.45) is 0. The van der Waals surface area contributed by atoms with Gasteiger partial charge >= 0.3 is 0 Å². The third-order valence-corrected chi connectivity index (χ3v) is 2.82. The Morgan fingerprint density at radius 2 is 1.95 bits per heavy atom. The Morgan fingerprint density at radius 1 is 1.25 bits per heavy atom. The maximum absolute atomic E-state index is 13.7. The van der Waals surface area contributed by atoms with Gasteiger partial charge in [-0.2, -0.15) is 0 Å². The van der Waals surface area contributed by atoms with Crippen molar-refractivity contribution in [2.24, 2.45) is 0 Å². The fraction of sp³-hybridized carbons (Fsp3) is 0.133. The van der Waals surface area contributed by atoms with Crippen molar-refractivity contribution in [1.82, 2.24) is 0 Å². The first kappa shape index (κ1) is 14.0. The molecule has 1 amide bonds. The molecule has 0 aliphatic rings. The van der Waals surface area contributed by atoms with Gasteiger partial charge < -0.3 is 15.2 Å². The van der Waals surface area contributed by atoms with Crippen LogP contribution in [0.4, 0.5) is 10.1 Å². The summed E-state index contributed by atoms with van der Waals surface area (Å²) in [7, 11) is 1.38. The molecule has 0 unspecified atom stereocenters. The quantitative estimate of drug-likeness (QED) is 0.901. The number of methoxy groups -OCH3 is 1. The van der Waals surface area contributed by atoms with Gasteiger partial charge in [0.25, 0.3) is 5.91 Å². The lowest BCUT2D eigenvalue weighted by Crippen LogP contribution is -2.15. The van der Waals surface area contributed by atoms with Gasteiger partial charge in [-0.3, -0.25) is 4.79 Å². The Hall–Kier alpha value is -2.40. The van der Waals surface area contributed by atoms with Crippen molar-refractivity contribution in [3.8, 4) is 5.75 Å². The largest absolute Gasteiger partial charge is 0.496 e. The number of benzene rings is 2. The normalized spacial score (nSPS) is 10.2. The number of hydrogen-bond acceptors (Lipinski definition) is 3. The molecule has 0 aliphatic carbocycles. The lowest BCUT2D eigenvalue weighted by Gasteiger charge is -2.10. The Bertz CT molecular complexity index is 611. The first-order chi connectivity index (χ1) is 9.65. The molecule has 5 heteroatoms. The van der Waals surface area contributed by atoms with Crippen LogP contribution in [-0.2, 0) is 6.61 Å². The van der Waals surface area contributed by atoms with E-state index in [1.54, 1.807) is 24.3 Å². The number of nitrogens with one attached hydrogen (secondary N) is 1. The summed E-state index contributed by atoms with van der Waals surface area (Å²) in [4.78, 5) is 12.1. The van der Waals surface area contributed by atoms with Crippen LogP contribution in [0.3, 0.4) is 0 Å². The molecule has 2 N–H and O–H groups in total. The van der Waals surface area contributed by atoms with Crippen LogP contribution in [0.15, 0.2) is 42.5 Å². The highest BCUT2D eigenvalue weighted by Gasteiger charge is 2.17. The Balaban J connectivity index is 2.23. The lowest BCUT2D eigenvalue weighted by atomic mass is 10.1. The number of halogens is 1. The molecule has 0 spiro atoms. The summed E-state index contributed by atoms with van der Waals surface area (Å²) < 4.78 is 18.7. The fourth-order valence-corrected chi connectivity index (χ4v) is 1.78. The van der Waals surface area contributed by atoms with Gasteiger partial charge in [-0.1, -0.05) is 18.2 Å². The standard InChI is InChI=1S/C15H14FNO3/c1-20-13-4-2-3-12(16)14(13)15(19)17-11-7-5-10(9-18)6-8-11/h2-8,18H,9H2,1H3,(H,17,19). The molecular weight excluding hydrogens is 261 g/mol. The van der Waals surface area contributed by atoms with E-state index in [-0.39, 0.29) is 17.9 Å². The van der Waals surface area contributed by atoms with Crippen molar-refractivity contribution in [1.29, 1.82) is 0 Å². The van der Waals surface area contributed by atoms with E-state index in [4.69, 9.17) is 9.84 Å². The van der Waals surface area contributed by atoms with Gasteiger partial charge in [0.1, 0.15) is 17.1 Å². The van der Waals surface area contributed by atoms with Gasteiger partial charge in [0.15, 0.2) is 0 Å². The van der Waals surface area contributed by atoms with Crippen LogP contribution in [0.1, 0.15) is 15.9 Å². The van der Waals surface area contributed by atoms with Gasteiger partial charge in [0, 0.05) is 5.69 Å². The van der Waals surface area contributed by atoms with E-state index in [9.17, 15) is 9.18 Å². The van der Waals surface area contributed by atoms with Crippen molar-refractivity contribution < 1.29 is 19.0 Å². The maximum atomic E-state index is 13.7. The molecule has 0 heterocycles. The fourth-order valence-electron chi connectivity index (χ4n) is 1.78. The topological polar surface area (TPSA) is 58.6 Å². The number of rotatable bonds is 4. The maximum Gasteiger partial charge on any atom is 0.262 e. The van der Waals surface area contributed by atoms with Crippen LogP contribution in [0.2, 0.25) is 0 Å². The van der Waals surface area contributed by atoms with E-state index in [2.05, 4.69) is 5.32 Å². The van der Waals surface area contributed by atoms with Crippen LogP contribution < -0.4 is 10.1 Å². The smallest absolute Gasteiger partial charge is 0.262 e. The van der Waals surface area contributed by atoms with E-state index in [0.29, 0.717) is 5.69 Å². The minimum absolute atomic E-state index is 0.0740. The van der Waals surface area contributed by atoms with Crippen molar-refractivity contribution >= 4 is 11.6 Å². The van der Waals surface area contributed by atoms with Gasteiger partial charge in [-0.05, 0) is 29.8 Å². The average molecular weight is 275 g/mol. The summed E-state index contributed by atoms with van der Waals surface area (Å²) >= 11 is 0. The van der Waals surface area contributed by atoms with E-state index < -0.39 is 11.7 Å². The number of anilines is 1. The molecule has 0 atom stereocenters. The predicted molar refractivity (Wildman–Crippen MR) is 73.3 cm³/mol. The minimum atomic E-state index is -0.645. The monoisotopic (exact) mass is 275 g/mol. The summed E-state index contributed by atoms with van der Waals surface area (Å²) in [6.45, 7) is -0.0740. The molecule has 2 rings (SSSR count). The van der Waals surface area contributed by atoms with Crippen LogP contribution >= 0.6 is 0 Å². The van der Waals surface area contributed by atoms with Crippen LogP contribution in [-0.4, -0.2) is 18.1 Å². The lowest BCUT2D eigenvalue weighted by molar-refractivity contribution is 0.102. The third kappa shape index (κ3) is 2.95. The molecule has 0 saturated carbocycles. The van der Waals surface area contributed by atoms with Gasteiger partial charge in [-0.25, -0.2) is 4.39 Å². The van der Waals surface area contributed by atoms with Crippen LogP contribution in [0.5, 0.6) is 5.75 Å². The molecule has 4 nitrogen and oxygen atoms in total. The van der Waals surface area contributed by atoms with E-state index in [0.717, 1.165) is 5.56 Å². The van der Waals surface area contributed by atoms with Gasteiger partial charge in [-0.15, -0.1) is 0 Å². The molecule has 2 aromatic carbocycles. The second kappa shape index (κ2) is 6.16. The minimum Gasteiger partial charge on any atom is -0.496 e. The van der Waals surface area contributed by atoms with E-state index in [1.165, 1.54) is 25.3 Å². The zero-order valence-electron chi connectivity index (χ0n) is 10.9. The molecule has 104 valence electrons. The highest BCUT2D eigenvalue weighted by Crippen LogP contribution is 2.22. The zero-order valence-corrected chi connectivity index (χ0v) is 10.9. The highest BCUT2D eigenvalue weighted by atomic mass is 19.1. The van der Waals surface area contributed by atoms with E-state index >= 15 is 0 Å². The van der Waals surface area contributed by atoms with E-state index in [1.807, 2.05) is 0 Å². The number of amides is 1. The second-order valence-corrected chi connectivity index (χ2v) is 4.13.